The summed E-state index contributed by atoms with van der Waals surface area (Å²) in [6.45, 7) is 2.96. The van der Waals surface area contributed by atoms with Crippen molar-refractivity contribution in [2.24, 2.45) is 5.92 Å². The first-order valence-electron chi connectivity index (χ1n) is 9.83. The third-order valence-corrected chi connectivity index (χ3v) is 5.35. The lowest BCUT2D eigenvalue weighted by molar-refractivity contribution is -0.135. The Hall–Kier alpha value is -2.66. The van der Waals surface area contributed by atoms with Gasteiger partial charge in [0.25, 0.3) is 0 Å². The second kappa shape index (κ2) is 9.02. The molecule has 5 nitrogen and oxygen atoms in total. The molecule has 0 bridgehead atoms. The standard InChI is InChI=1S/C23H28N2O3/c1-23(28,20-12-6-3-7-13-20)17-24-22(27)19-11-8-14-25(16-19)21(26)15-18-9-4-2-5-10-18/h2-7,9-10,12-13,19,28H,8,11,14-17H2,1H3,(H,24,27). The minimum absolute atomic E-state index is 0.0555. The van der Waals surface area contributed by atoms with E-state index in [0.29, 0.717) is 19.5 Å². The zero-order valence-corrected chi connectivity index (χ0v) is 16.3. The summed E-state index contributed by atoms with van der Waals surface area (Å²) in [6.07, 6.45) is 1.93. The quantitative estimate of drug-likeness (QED) is 0.809. The molecule has 148 valence electrons. The molecule has 0 radical (unpaired) electrons. The van der Waals surface area contributed by atoms with Crippen molar-refractivity contribution in [3.05, 3.63) is 71.8 Å². The van der Waals surface area contributed by atoms with E-state index in [4.69, 9.17) is 0 Å². The van der Waals surface area contributed by atoms with Gasteiger partial charge in [-0.15, -0.1) is 0 Å². The molecule has 1 aliphatic heterocycles. The van der Waals surface area contributed by atoms with Gasteiger partial charge in [0.15, 0.2) is 0 Å². The molecular weight excluding hydrogens is 352 g/mol. The van der Waals surface area contributed by atoms with Crippen LogP contribution in [0, 0.1) is 5.92 Å². The Morgan fingerprint density at radius 3 is 2.43 bits per heavy atom. The maximum atomic E-state index is 12.6. The van der Waals surface area contributed by atoms with E-state index in [2.05, 4.69) is 5.32 Å². The van der Waals surface area contributed by atoms with Crippen LogP contribution < -0.4 is 5.32 Å². The number of hydrogen-bond acceptors (Lipinski definition) is 3. The van der Waals surface area contributed by atoms with Crippen molar-refractivity contribution in [3.8, 4) is 0 Å². The van der Waals surface area contributed by atoms with Gasteiger partial charge in [0.05, 0.1) is 18.9 Å². The number of carbonyl (C=O) groups is 2. The van der Waals surface area contributed by atoms with Crippen LogP contribution in [0.1, 0.15) is 30.9 Å². The molecule has 2 aromatic carbocycles. The average molecular weight is 380 g/mol. The van der Waals surface area contributed by atoms with Crippen LogP contribution in [0.15, 0.2) is 60.7 Å². The lowest BCUT2D eigenvalue weighted by Gasteiger charge is -2.33. The molecule has 0 spiro atoms. The lowest BCUT2D eigenvalue weighted by Crippen LogP contribution is -2.48. The molecule has 2 amide bonds. The van der Waals surface area contributed by atoms with E-state index in [-0.39, 0.29) is 24.3 Å². The highest BCUT2D eigenvalue weighted by Crippen LogP contribution is 2.21. The van der Waals surface area contributed by atoms with Crippen LogP contribution in [-0.2, 0) is 21.6 Å². The maximum absolute atomic E-state index is 12.6. The Kier molecular flexibility index (Phi) is 6.47. The van der Waals surface area contributed by atoms with Gasteiger partial charge in [-0.2, -0.15) is 0 Å². The Labute approximate surface area is 166 Å². The van der Waals surface area contributed by atoms with Gasteiger partial charge >= 0.3 is 0 Å². The number of rotatable bonds is 6. The van der Waals surface area contributed by atoms with Crippen molar-refractivity contribution in [2.45, 2.75) is 31.8 Å². The minimum atomic E-state index is -1.13. The first kappa shape index (κ1) is 20.1. The molecule has 2 atom stereocenters. The van der Waals surface area contributed by atoms with E-state index >= 15 is 0 Å². The number of nitrogens with zero attached hydrogens (tertiary/aromatic N) is 1. The van der Waals surface area contributed by atoms with Crippen LogP contribution >= 0.6 is 0 Å². The van der Waals surface area contributed by atoms with Gasteiger partial charge in [0, 0.05) is 13.1 Å². The van der Waals surface area contributed by atoms with Crippen LogP contribution in [-0.4, -0.2) is 41.5 Å². The SMILES string of the molecule is CC(O)(CNC(=O)C1CCCN(C(=O)Cc2ccccc2)C1)c1ccccc1. The van der Waals surface area contributed by atoms with E-state index in [1.54, 1.807) is 11.8 Å². The molecule has 2 aromatic rings. The Bertz CT molecular complexity index is 790. The molecule has 1 fully saturated rings. The van der Waals surface area contributed by atoms with Crippen LogP contribution in [0.3, 0.4) is 0 Å². The highest BCUT2D eigenvalue weighted by atomic mass is 16.3. The van der Waals surface area contributed by atoms with Gasteiger partial charge < -0.3 is 15.3 Å². The van der Waals surface area contributed by atoms with Crippen molar-refractivity contribution in [3.63, 3.8) is 0 Å². The van der Waals surface area contributed by atoms with Gasteiger partial charge in [-0.05, 0) is 30.9 Å². The van der Waals surface area contributed by atoms with Gasteiger partial charge in [0.2, 0.25) is 11.8 Å². The van der Waals surface area contributed by atoms with Gasteiger partial charge in [-0.3, -0.25) is 9.59 Å². The molecule has 0 aliphatic carbocycles. The number of benzene rings is 2. The largest absolute Gasteiger partial charge is 0.384 e. The van der Waals surface area contributed by atoms with Gasteiger partial charge in [-0.25, -0.2) is 0 Å². The Balaban J connectivity index is 1.53. The Morgan fingerprint density at radius 2 is 1.75 bits per heavy atom. The second-order valence-electron chi connectivity index (χ2n) is 7.70. The third-order valence-electron chi connectivity index (χ3n) is 5.35. The summed E-state index contributed by atoms with van der Waals surface area (Å²) < 4.78 is 0. The van der Waals surface area contributed by atoms with Crippen molar-refractivity contribution < 1.29 is 14.7 Å². The molecule has 1 heterocycles. The normalized spacial score (nSPS) is 18.9. The fourth-order valence-electron chi connectivity index (χ4n) is 3.60. The second-order valence-corrected chi connectivity index (χ2v) is 7.70. The first-order valence-corrected chi connectivity index (χ1v) is 9.83. The molecule has 1 aliphatic rings. The minimum Gasteiger partial charge on any atom is -0.384 e. The number of aliphatic hydroxyl groups is 1. The third kappa shape index (κ3) is 5.20. The molecule has 3 rings (SSSR count). The summed E-state index contributed by atoms with van der Waals surface area (Å²) >= 11 is 0. The monoisotopic (exact) mass is 380 g/mol. The number of piperidine rings is 1. The smallest absolute Gasteiger partial charge is 0.227 e. The van der Waals surface area contributed by atoms with Gasteiger partial charge in [0.1, 0.15) is 5.60 Å². The number of hydrogen-bond donors (Lipinski definition) is 2. The van der Waals surface area contributed by atoms with Crippen molar-refractivity contribution in [1.82, 2.24) is 10.2 Å². The van der Waals surface area contributed by atoms with E-state index in [1.165, 1.54) is 0 Å². The topological polar surface area (TPSA) is 69.6 Å². The highest BCUT2D eigenvalue weighted by molar-refractivity contribution is 5.82. The lowest BCUT2D eigenvalue weighted by atomic mass is 9.94. The van der Waals surface area contributed by atoms with E-state index in [9.17, 15) is 14.7 Å². The van der Waals surface area contributed by atoms with Crippen LogP contribution in [0.2, 0.25) is 0 Å². The zero-order valence-electron chi connectivity index (χ0n) is 16.3. The molecule has 2 unspecified atom stereocenters. The zero-order chi connectivity index (χ0) is 20.0. The van der Waals surface area contributed by atoms with Crippen molar-refractivity contribution in [1.29, 1.82) is 0 Å². The van der Waals surface area contributed by atoms with E-state index < -0.39 is 5.60 Å². The summed E-state index contributed by atoms with van der Waals surface area (Å²) in [6, 6.07) is 19.0. The number of amides is 2. The molecule has 28 heavy (non-hydrogen) atoms. The molecule has 0 aromatic heterocycles. The number of carbonyl (C=O) groups excluding carboxylic acids is 2. The molecule has 5 heteroatoms. The molecule has 2 N–H and O–H groups in total. The van der Waals surface area contributed by atoms with Crippen LogP contribution in [0.5, 0.6) is 0 Å². The molecular formula is C23H28N2O3. The fraction of sp³-hybridized carbons (Fsp3) is 0.391. The van der Waals surface area contributed by atoms with Crippen molar-refractivity contribution in [2.75, 3.05) is 19.6 Å². The van der Waals surface area contributed by atoms with Crippen molar-refractivity contribution >= 4 is 11.8 Å². The first-order chi connectivity index (χ1) is 13.5. The van der Waals surface area contributed by atoms with Crippen LogP contribution in [0.25, 0.3) is 0 Å². The maximum Gasteiger partial charge on any atom is 0.227 e. The van der Waals surface area contributed by atoms with E-state index in [0.717, 1.165) is 24.0 Å². The van der Waals surface area contributed by atoms with Crippen LogP contribution in [0.4, 0.5) is 0 Å². The predicted molar refractivity (Wildman–Crippen MR) is 108 cm³/mol. The Morgan fingerprint density at radius 1 is 1.11 bits per heavy atom. The summed E-state index contributed by atoms with van der Waals surface area (Å²) in [4.78, 5) is 27.0. The number of likely N-dealkylation sites (tertiary alicyclic amines) is 1. The number of nitrogens with one attached hydrogen (secondary N) is 1. The molecule has 0 saturated carbocycles. The highest BCUT2D eigenvalue weighted by Gasteiger charge is 2.30. The summed E-state index contributed by atoms with van der Waals surface area (Å²) in [5.74, 6) is -0.284. The summed E-state index contributed by atoms with van der Waals surface area (Å²) in [5, 5.41) is 13.5. The molecule has 1 saturated heterocycles. The fourth-order valence-corrected chi connectivity index (χ4v) is 3.60. The average Bonchev–Trinajstić information content (AvgIpc) is 2.73. The predicted octanol–water partition coefficient (Wildman–Crippen LogP) is 2.49. The van der Waals surface area contributed by atoms with E-state index in [1.807, 2.05) is 60.7 Å². The summed E-state index contributed by atoms with van der Waals surface area (Å²) in [7, 11) is 0. The van der Waals surface area contributed by atoms with Gasteiger partial charge in [-0.1, -0.05) is 60.7 Å². The summed E-state index contributed by atoms with van der Waals surface area (Å²) in [5.41, 5.74) is 0.616.